The second-order valence-corrected chi connectivity index (χ2v) is 11.8. The molecule has 0 aliphatic heterocycles. The molecule has 0 aromatic rings. The summed E-state index contributed by atoms with van der Waals surface area (Å²) in [5.74, 6) is 5.89. The fourth-order valence-corrected chi connectivity index (χ4v) is 8.74. The molecule has 0 saturated heterocycles. The molecule has 0 radical (unpaired) electrons. The first-order valence-electron chi connectivity index (χ1n) is 12.6. The van der Waals surface area contributed by atoms with Crippen LogP contribution in [-0.2, 0) is 0 Å². The Labute approximate surface area is 170 Å². The minimum absolute atomic E-state index is 0.557. The van der Waals surface area contributed by atoms with Crippen molar-refractivity contribution < 1.29 is 0 Å². The summed E-state index contributed by atoms with van der Waals surface area (Å²) in [6.07, 6.45) is 20.4. The molecule has 0 amide bonds. The third-order valence-corrected chi connectivity index (χ3v) is 10.4. The molecule has 4 aliphatic rings. The first-order chi connectivity index (χ1) is 12.9. The maximum atomic E-state index is 2.75. The lowest BCUT2D eigenvalue weighted by Crippen LogP contribution is -2.50. The molecule has 1 unspecified atom stereocenters. The fraction of sp³-hybridized carbons (Fsp3) is 0.926. The highest BCUT2D eigenvalue weighted by Crippen LogP contribution is 2.67. The smallest absolute Gasteiger partial charge is 0.00851 e. The van der Waals surface area contributed by atoms with Crippen molar-refractivity contribution in [2.75, 3.05) is 0 Å². The van der Waals surface area contributed by atoms with Gasteiger partial charge in [0.15, 0.2) is 0 Å². The number of hydrogen-bond acceptors (Lipinski definition) is 0. The van der Waals surface area contributed by atoms with Gasteiger partial charge >= 0.3 is 0 Å². The Morgan fingerprint density at radius 2 is 1.85 bits per heavy atom. The number of fused-ring (bicyclic) bond motifs is 5. The van der Waals surface area contributed by atoms with Crippen molar-refractivity contribution >= 4 is 0 Å². The van der Waals surface area contributed by atoms with Gasteiger partial charge in [0.2, 0.25) is 0 Å². The van der Waals surface area contributed by atoms with Crippen molar-refractivity contribution in [3.8, 4) is 0 Å². The molecule has 3 saturated carbocycles. The zero-order valence-electron chi connectivity index (χ0n) is 19.0. The molecule has 27 heavy (non-hydrogen) atoms. The maximum Gasteiger partial charge on any atom is -0.00851 e. The van der Waals surface area contributed by atoms with Crippen molar-refractivity contribution in [1.82, 2.24) is 0 Å². The molecule has 0 heterocycles. The largest absolute Gasteiger partial charge is 0.0845 e. The Morgan fingerprint density at radius 3 is 2.63 bits per heavy atom. The lowest BCUT2D eigenvalue weighted by Gasteiger charge is -2.58. The van der Waals surface area contributed by atoms with E-state index >= 15 is 0 Å². The van der Waals surface area contributed by atoms with Crippen molar-refractivity contribution in [2.45, 2.75) is 112 Å². The molecule has 0 N–H and O–H groups in total. The Morgan fingerprint density at radius 1 is 1.04 bits per heavy atom. The van der Waals surface area contributed by atoms with Gasteiger partial charge in [0, 0.05) is 0 Å². The predicted octanol–water partition coefficient (Wildman–Crippen LogP) is 8.42. The third-order valence-electron chi connectivity index (χ3n) is 10.4. The lowest BCUT2D eigenvalue weighted by atomic mass is 9.46. The van der Waals surface area contributed by atoms with Crippen LogP contribution in [0.2, 0.25) is 0 Å². The van der Waals surface area contributed by atoms with Gasteiger partial charge in [0.05, 0.1) is 0 Å². The quantitative estimate of drug-likeness (QED) is 0.336. The Kier molecular flexibility index (Phi) is 5.59. The molecule has 0 nitrogen and oxygen atoms in total. The Hall–Kier alpha value is -0.260. The summed E-state index contributed by atoms with van der Waals surface area (Å²) in [5.41, 5.74) is 3.08. The second kappa shape index (κ2) is 7.53. The van der Waals surface area contributed by atoms with Crippen LogP contribution < -0.4 is 0 Å². The standard InChI is InChI=1S/C27H46/c1-6-7-8-9-20(3)23-12-13-24-22-11-10-21-18-19(2)14-16-26(21,4)25(22)15-17-27(23,24)5/h10,19-20,22-25H,6-9,11-18H2,1-5H3/t19-,20+,22?,23+,24-,25-,26-,27+/m0/s1. The molecule has 8 atom stereocenters. The molecule has 0 bridgehead atoms. The van der Waals surface area contributed by atoms with Crippen LogP contribution in [0.5, 0.6) is 0 Å². The molecule has 0 aromatic heterocycles. The molecule has 3 fully saturated rings. The van der Waals surface area contributed by atoms with Crippen molar-refractivity contribution in [3.63, 3.8) is 0 Å². The highest BCUT2D eigenvalue weighted by Gasteiger charge is 2.58. The van der Waals surface area contributed by atoms with Crippen LogP contribution in [0.4, 0.5) is 0 Å². The number of rotatable bonds is 5. The zero-order valence-corrected chi connectivity index (χ0v) is 19.0. The average Bonchev–Trinajstić information content (AvgIpc) is 3.00. The van der Waals surface area contributed by atoms with Gasteiger partial charge in [-0.3, -0.25) is 0 Å². The van der Waals surface area contributed by atoms with E-state index in [-0.39, 0.29) is 0 Å². The molecular weight excluding hydrogens is 324 g/mol. The van der Waals surface area contributed by atoms with E-state index < -0.39 is 0 Å². The van der Waals surface area contributed by atoms with E-state index in [0.717, 1.165) is 35.5 Å². The van der Waals surface area contributed by atoms with Gasteiger partial charge in [0.25, 0.3) is 0 Å². The summed E-state index contributed by atoms with van der Waals surface area (Å²) in [4.78, 5) is 0. The van der Waals surface area contributed by atoms with Crippen LogP contribution in [0.25, 0.3) is 0 Å². The van der Waals surface area contributed by atoms with Crippen molar-refractivity contribution in [1.29, 1.82) is 0 Å². The van der Waals surface area contributed by atoms with E-state index in [1.807, 2.05) is 5.57 Å². The number of allylic oxidation sites excluding steroid dienone is 2. The van der Waals surface area contributed by atoms with Crippen LogP contribution in [0.3, 0.4) is 0 Å². The fourth-order valence-electron chi connectivity index (χ4n) is 8.74. The van der Waals surface area contributed by atoms with Crippen LogP contribution in [-0.4, -0.2) is 0 Å². The minimum atomic E-state index is 0.557. The first-order valence-corrected chi connectivity index (χ1v) is 12.6. The van der Waals surface area contributed by atoms with E-state index in [4.69, 9.17) is 0 Å². The van der Waals surface area contributed by atoms with Crippen LogP contribution in [0, 0.1) is 46.3 Å². The molecule has 0 heteroatoms. The Bertz CT molecular complexity index is 558. The monoisotopic (exact) mass is 370 g/mol. The molecular formula is C27H46. The maximum absolute atomic E-state index is 2.75. The third kappa shape index (κ3) is 3.26. The topological polar surface area (TPSA) is 0 Å². The highest BCUT2D eigenvalue weighted by atomic mass is 14.6. The summed E-state index contributed by atoms with van der Waals surface area (Å²) in [7, 11) is 0. The lowest BCUT2D eigenvalue weighted by molar-refractivity contribution is -0.0522. The van der Waals surface area contributed by atoms with E-state index in [1.165, 1.54) is 77.0 Å². The van der Waals surface area contributed by atoms with Gasteiger partial charge < -0.3 is 0 Å². The van der Waals surface area contributed by atoms with E-state index in [0.29, 0.717) is 10.8 Å². The molecule has 0 aromatic carbocycles. The molecule has 0 spiro atoms. The van der Waals surface area contributed by atoms with Gasteiger partial charge in [0.1, 0.15) is 0 Å². The zero-order chi connectivity index (χ0) is 19.2. The van der Waals surface area contributed by atoms with Crippen LogP contribution in [0.1, 0.15) is 112 Å². The van der Waals surface area contributed by atoms with E-state index in [1.54, 1.807) is 0 Å². The normalized spacial score (nSPS) is 47.6. The van der Waals surface area contributed by atoms with Gasteiger partial charge in [-0.05, 0) is 97.7 Å². The summed E-state index contributed by atoms with van der Waals surface area (Å²) in [6.45, 7) is 12.8. The summed E-state index contributed by atoms with van der Waals surface area (Å²) >= 11 is 0. The number of unbranched alkanes of at least 4 members (excludes halogenated alkanes) is 2. The van der Waals surface area contributed by atoms with Gasteiger partial charge in [-0.1, -0.05) is 72.0 Å². The van der Waals surface area contributed by atoms with Crippen LogP contribution >= 0.6 is 0 Å². The molecule has 4 aliphatic carbocycles. The molecule has 154 valence electrons. The Balaban J connectivity index is 1.52. The van der Waals surface area contributed by atoms with Crippen molar-refractivity contribution in [2.24, 2.45) is 46.3 Å². The van der Waals surface area contributed by atoms with Gasteiger partial charge in [-0.25, -0.2) is 0 Å². The van der Waals surface area contributed by atoms with Gasteiger partial charge in [-0.15, -0.1) is 0 Å². The SMILES string of the molecule is CCCCC[C@@H](C)[C@H]1CC[C@H]2C3CC=C4C[C@@H](C)CC[C@]4(C)[C@H]3CC[C@]12C. The van der Waals surface area contributed by atoms with Gasteiger partial charge in [-0.2, -0.15) is 0 Å². The predicted molar refractivity (Wildman–Crippen MR) is 118 cm³/mol. The highest BCUT2D eigenvalue weighted by molar-refractivity contribution is 5.25. The summed E-state index contributed by atoms with van der Waals surface area (Å²) in [6, 6.07) is 0. The number of hydrogen-bond donors (Lipinski definition) is 0. The van der Waals surface area contributed by atoms with Crippen molar-refractivity contribution in [3.05, 3.63) is 11.6 Å². The van der Waals surface area contributed by atoms with Crippen LogP contribution in [0.15, 0.2) is 11.6 Å². The van der Waals surface area contributed by atoms with E-state index in [2.05, 4.69) is 40.7 Å². The second-order valence-electron chi connectivity index (χ2n) is 11.8. The summed E-state index contributed by atoms with van der Waals surface area (Å²) in [5, 5.41) is 0. The molecule has 4 rings (SSSR count). The summed E-state index contributed by atoms with van der Waals surface area (Å²) < 4.78 is 0. The average molecular weight is 371 g/mol. The van der Waals surface area contributed by atoms with E-state index in [9.17, 15) is 0 Å². The first kappa shape index (κ1) is 20.0. The minimum Gasteiger partial charge on any atom is -0.0845 e.